The van der Waals surface area contributed by atoms with E-state index in [9.17, 15) is 9.59 Å². The van der Waals surface area contributed by atoms with Crippen LogP contribution in [0.25, 0.3) is 6.08 Å². The molecule has 1 aromatic heterocycles. The molecule has 0 saturated carbocycles. The van der Waals surface area contributed by atoms with Crippen LogP contribution in [0, 0.1) is 5.41 Å². The van der Waals surface area contributed by atoms with Crippen LogP contribution in [-0.2, 0) is 14.3 Å². The Kier molecular flexibility index (Phi) is 6.45. The number of piperidine rings is 1. The Labute approximate surface area is 158 Å². The van der Waals surface area contributed by atoms with Gasteiger partial charge in [0.2, 0.25) is 11.8 Å². The van der Waals surface area contributed by atoms with E-state index in [1.165, 1.54) is 0 Å². The highest BCUT2D eigenvalue weighted by molar-refractivity contribution is 7.10. The van der Waals surface area contributed by atoms with Crippen molar-refractivity contribution < 1.29 is 14.3 Å². The molecule has 7 heteroatoms. The summed E-state index contributed by atoms with van der Waals surface area (Å²) in [4.78, 5) is 29.6. The highest BCUT2D eigenvalue weighted by atomic mass is 32.1. The molecule has 1 N–H and O–H groups in total. The Bertz CT molecular complexity index is 646. The second-order valence-electron chi connectivity index (χ2n) is 7.15. The van der Waals surface area contributed by atoms with Crippen molar-refractivity contribution in [1.29, 1.82) is 0 Å². The summed E-state index contributed by atoms with van der Waals surface area (Å²) in [6, 6.07) is 3.98. The molecule has 1 atom stereocenters. The number of likely N-dealkylation sites (N-methyl/N-ethyl adjacent to an activating group) is 1. The first kappa shape index (κ1) is 19.1. The van der Waals surface area contributed by atoms with Gasteiger partial charge in [-0.25, -0.2) is 0 Å². The predicted octanol–water partition coefficient (Wildman–Crippen LogP) is 1.45. The fraction of sp³-hybridized carbons (Fsp3) is 0.579. The van der Waals surface area contributed by atoms with Crippen molar-refractivity contribution in [3.05, 3.63) is 28.5 Å². The summed E-state index contributed by atoms with van der Waals surface area (Å²) in [5, 5.41) is 4.69. The summed E-state index contributed by atoms with van der Waals surface area (Å²) in [5.41, 5.74) is -0.0881. The number of hydrogen-bond donors (Lipinski definition) is 1. The molecule has 1 aromatic rings. The molecule has 26 heavy (non-hydrogen) atoms. The lowest BCUT2D eigenvalue weighted by molar-refractivity contribution is -0.131. The normalized spacial score (nSPS) is 24.7. The highest BCUT2D eigenvalue weighted by Crippen LogP contribution is 2.33. The molecular formula is C19H27N3O3S. The fourth-order valence-electron chi connectivity index (χ4n) is 3.79. The fourth-order valence-corrected chi connectivity index (χ4v) is 4.40. The number of carbonyl (C=O) groups excluding carboxylic acids is 2. The van der Waals surface area contributed by atoms with Crippen LogP contribution in [0.15, 0.2) is 23.6 Å². The van der Waals surface area contributed by atoms with Gasteiger partial charge in [-0.1, -0.05) is 6.07 Å². The van der Waals surface area contributed by atoms with Crippen LogP contribution in [0.2, 0.25) is 0 Å². The number of rotatable bonds is 4. The molecule has 6 nitrogen and oxygen atoms in total. The molecule has 0 bridgehead atoms. The molecule has 3 rings (SSSR count). The number of thiophene rings is 1. The minimum Gasteiger partial charge on any atom is -0.379 e. The third-order valence-electron chi connectivity index (χ3n) is 5.07. The van der Waals surface area contributed by atoms with E-state index < -0.39 is 0 Å². The molecule has 2 aliphatic heterocycles. The molecule has 2 amide bonds. The van der Waals surface area contributed by atoms with Crippen LogP contribution in [0.1, 0.15) is 17.7 Å². The third-order valence-corrected chi connectivity index (χ3v) is 5.91. The van der Waals surface area contributed by atoms with E-state index in [1.807, 2.05) is 28.5 Å². The largest absolute Gasteiger partial charge is 0.379 e. The molecule has 2 aliphatic rings. The van der Waals surface area contributed by atoms with E-state index in [2.05, 4.69) is 10.2 Å². The van der Waals surface area contributed by atoms with Gasteiger partial charge < -0.3 is 15.0 Å². The Morgan fingerprint density at radius 3 is 3.04 bits per heavy atom. The second-order valence-corrected chi connectivity index (χ2v) is 8.13. The van der Waals surface area contributed by atoms with Crippen molar-refractivity contribution in [3.63, 3.8) is 0 Å². The number of likely N-dealkylation sites (tertiary alicyclic amines) is 1. The van der Waals surface area contributed by atoms with Crippen LogP contribution in [-0.4, -0.2) is 74.6 Å². The van der Waals surface area contributed by atoms with Gasteiger partial charge in [0.1, 0.15) is 0 Å². The van der Waals surface area contributed by atoms with Gasteiger partial charge in [0, 0.05) is 49.6 Å². The molecule has 1 spiro atoms. The SMILES string of the molecule is CNC(=O)CN1CCOCC2(CCCN(C(=O)/C=C/c3cccs3)C2)C1. The van der Waals surface area contributed by atoms with E-state index in [4.69, 9.17) is 4.74 Å². The maximum Gasteiger partial charge on any atom is 0.246 e. The van der Waals surface area contributed by atoms with E-state index in [1.54, 1.807) is 24.5 Å². The number of amides is 2. The maximum atomic E-state index is 12.6. The average molecular weight is 378 g/mol. The Morgan fingerprint density at radius 2 is 2.27 bits per heavy atom. The van der Waals surface area contributed by atoms with Crippen LogP contribution < -0.4 is 5.32 Å². The van der Waals surface area contributed by atoms with Crippen molar-refractivity contribution in [3.8, 4) is 0 Å². The molecule has 3 heterocycles. The molecule has 0 aliphatic carbocycles. The summed E-state index contributed by atoms with van der Waals surface area (Å²) >= 11 is 1.62. The molecule has 0 radical (unpaired) electrons. The zero-order valence-corrected chi connectivity index (χ0v) is 16.1. The summed E-state index contributed by atoms with van der Waals surface area (Å²) in [6.07, 6.45) is 5.55. The average Bonchev–Trinajstić information content (AvgIpc) is 3.10. The van der Waals surface area contributed by atoms with Gasteiger partial charge >= 0.3 is 0 Å². The Morgan fingerprint density at radius 1 is 1.38 bits per heavy atom. The van der Waals surface area contributed by atoms with Crippen molar-refractivity contribution in [1.82, 2.24) is 15.1 Å². The van der Waals surface area contributed by atoms with Crippen molar-refractivity contribution in [2.24, 2.45) is 5.41 Å². The number of nitrogens with one attached hydrogen (secondary N) is 1. The summed E-state index contributed by atoms with van der Waals surface area (Å²) in [6.45, 7) is 4.67. The minimum absolute atomic E-state index is 0.0182. The number of ether oxygens (including phenoxy) is 1. The molecule has 142 valence electrons. The molecular weight excluding hydrogens is 350 g/mol. The van der Waals surface area contributed by atoms with E-state index in [0.29, 0.717) is 26.3 Å². The summed E-state index contributed by atoms with van der Waals surface area (Å²) < 4.78 is 5.85. The lowest BCUT2D eigenvalue weighted by Crippen LogP contribution is -2.52. The van der Waals surface area contributed by atoms with Crippen molar-refractivity contribution >= 4 is 29.2 Å². The van der Waals surface area contributed by atoms with Crippen molar-refractivity contribution in [2.75, 3.05) is 53.0 Å². The lowest BCUT2D eigenvalue weighted by atomic mass is 9.80. The minimum atomic E-state index is -0.0881. The van der Waals surface area contributed by atoms with E-state index in [-0.39, 0.29) is 17.2 Å². The number of hydrogen-bond acceptors (Lipinski definition) is 5. The first-order valence-electron chi connectivity index (χ1n) is 9.11. The van der Waals surface area contributed by atoms with Crippen molar-refractivity contribution in [2.45, 2.75) is 12.8 Å². The van der Waals surface area contributed by atoms with Crippen LogP contribution in [0.3, 0.4) is 0 Å². The summed E-state index contributed by atoms with van der Waals surface area (Å²) in [5.74, 6) is 0.0734. The highest BCUT2D eigenvalue weighted by Gasteiger charge is 2.40. The zero-order chi connectivity index (χ0) is 18.4. The zero-order valence-electron chi connectivity index (χ0n) is 15.3. The Hall–Kier alpha value is -1.70. The van der Waals surface area contributed by atoms with Gasteiger partial charge in [-0.2, -0.15) is 0 Å². The van der Waals surface area contributed by atoms with Gasteiger partial charge in [-0.3, -0.25) is 14.5 Å². The molecule has 0 aromatic carbocycles. The van der Waals surface area contributed by atoms with Crippen LogP contribution in [0.4, 0.5) is 0 Å². The quantitative estimate of drug-likeness (QED) is 0.807. The Balaban J connectivity index is 1.65. The molecule has 1 unspecified atom stereocenters. The van der Waals surface area contributed by atoms with Gasteiger partial charge in [-0.05, 0) is 30.4 Å². The van der Waals surface area contributed by atoms with Gasteiger partial charge in [0.05, 0.1) is 19.8 Å². The van der Waals surface area contributed by atoms with Gasteiger partial charge in [0.25, 0.3) is 0 Å². The number of nitrogens with zero attached hydrogens (tertiary/aromatic N) is 2. The monoisotopic (exact) mass is 377 g/mol. The number of carbonyl (C=O) groups is 2. The summed E-state index contributed by atoms with van der Waals surface area (Å²) in [7, 11) is 1.66. The third kappa shape index (κ3) is 4.93. The molecule has 2 saturated heterocycles. The maximum absolute atomic E-state index is 12.6. The van der Waals surface area contributed by atoms with Gasteiger partial charge in [0.15, 0.2) is 0 Å². The molecule has 2 fully saturated rings. The van der Waals surface area contributed by atoms with Crippen LogP contribution >= 0.6 is 11.3 Å². The standard InChI is InChI=1S/C19H27N3O3S/c1-20-17(23)12-21-9-10-25-15-19(13-21)7-3-8-22(14-19)18(24)6-5-16-4-2-11-26-16/h2,4-6,11H,3,7-10,12-15H2,1H3,(H,20,23)/b6-5+. The topological polar surface area (TPSA) is 61.9 Å². The van der Waals surface area contributed by atoms with E-state index in [0.717, 1.165) is 37.4 Å². The first-order chi connectivity index (χ1) is 12.6. The predicted molar refractivity (Wildman–Crippen MR) is 103 cm³/mol. The smallest absolute Gasteiger partial charge is 0.246 e. The lowest BCUT2D eigenvalue weighted by Gasteiger charge is -2.43. The first-order valence-corrected chi connectivity index (χ1v) is 9.99. The van der Waals surface area contributed by atoms with E-state index >= 15 is 0 Å². The second kappa shape index (κ2) is 8.79. The van der Waals surface area contributed by atoms with Gasteiger partial charge in [-0.15, -0.1) is 11.3 Å². The van der Waals surface area contributed by atoms with Crippen LogP contribution in [0.5, 0.6) is 0 Å².